The number of benzene rings is 3. The standard InChI is InChI=1S/C27H24N4O6/c1-28-23(32)15-17-7-13-20(14-8-17)31-25(34)21-5-3-4-6-22(21)30(27(31)36)16-24(33)29-19-11-9-18(10-12-19)26(35)37-2/h3-14H,15-16H2,1-2H3,(H,28,32)(H,29,33). The summed E-state index contributed by atoms with van der Waals surface area (Å²) in [5.41, 5.74) is 0.907. The second-order valence-corrected chi connectivity index (χ2v) is 8.16. The lowest BCUT2D eigenvalue weighted by atomic mass is 10.1. The Labute approximate surface area is 211 Å². The highest BCUT2D eigenvalue weighted by molar-refractivity contribution is 5.93. The number of carbonyl (C=O) groups is 3. The largest absolute Gasteiger partial charge is 0.465 e. The average molecular weight is 501 g/mol. The molecular formula is C27H24N4O6. The molecule has 0 radical (unpaired) electrons. The van der Waals surface area contributed by atoms with Crippen molar-refractivity contribution < 1.29 is 19.1 Å². The van der Waals surface area contributed by atoms with Gasteiger partial charge in [0.15, 0.2) is 0 Å². The van der Waals surface area contributed by atoms with Gasteiger partial charge < -0.3 is 15.4 Å². The monoisotopic (exact) mass is 500 g/mol. The third-order valence-electron chi connectivity index (χ3n) is 5.78. The number of ether oxygens (including phenoxy) is 1. The van der Waals surface area contributed by atoms with Gasteiger partial charge >= 0.3 is 11.7 Å². The van der Waals surface area contributed by atoms with Crippen molar-refractivity contribution >= 4 is 34.4 Å². The maximum absolute atomic E-state index is 13.5. The van der Waals surface area contributed by atoms with Crippen LogP contribution in [-0.2, 0) is 27.3 Å². The van der Waals surface area contributed by atoms with Gasteiger partial charge in [0.25, 0.3) is 5.56 Å². The lowest BCUT2D eigenvalue weighted by Gasteiger charge is -2.14. The van der Waals surface area contributed by atoms with Crippen LogP contribution in [0.15, 0.2) is 82.4 Å². The lowest BCUT2D eigenvalue weighted by molar-refractivity contribution is -0.120. The number of carbonyl (C=O) groups excluding carboxylic acids is 3. The molecule has 0 bridgehead atoms. The van der Waals surface area contributed by atoms with Gasteiger partial charge in [-0.2, -0.15) is 0 Å². The zero-order valence-electron chi connectivity index (χ0n) is 20.2. The SMILES string of the molecule is CNC(=O)Cc1ccc(-n2c(=O)c3ccccc3n(CC(=O)Nc3ccc(C(=O)OC)cc3)c2=O)cc1. The number of hydrogen-bond acceptors (Lipinski definition) is 6. The minimum absolute atomic E-state index is 0.161. The highest BCUT2D eigenvalue weighted by atomic mass is 16.5. The van der Waals surface area contributed by atoms with E-state index in [2.05, 4.69) is 15.4 Å². The third kappa shape index (κ3) is 5.32. The topological polar surface area (TPSA) is 128 Å². The van der Waals surface area contributed by atoms with Gasteiger partial charge in [-0.1, -0.05) is 24.3 Å². The van der Waals surface area contributed by atoms with Crippen LogP contribution in [-0.4, -0.2) is 41.1 Å². The Hall–Kier alpha value is -4.99. The first kappa shape index (κ1) is 25.1. The number of anilines is 1. The minimum Gasteiger partial charge on any atom is -0.465 e. The number of fused-ring (bicyclic) bond motifs is 1. The molecule has 188 valence electrons. The average Bonchev–Trinajstić information content (AvgIpc) is 2.92. The molecular weight excluding hydrogens is 476 g/mol. The molecule has 2 N–H and O–H groups in total. The van der Waals surface area contributed by atoms with Crippen LogP contribution in [0.1, 0.15) is 15.9 Å². The summed E-state index contributed by atoms with van der Waals surface area (Å²) in [6.07, 6.45) is 0.161. The normalized spacial score (nSPS) is 10.6. The molecule has 0 atom stereocenters. The molecule has 1 heterocycles. The molecule has 0 saturated carbocycles. The van der Waals surface area contributed by atoms with Crippen LogP contribution < -0.4 is 21.9 Å². The van der Waals surface area contributed by atoms with Gasteiger partial charge in [-0.25, -0.2) is 14.2 Å². The molecule has 10 nitrogen and oxygen atoms in total. The summed E-state index contributed by atoms with van der Waals surface area (Å²) < 4.78 is 6.90. The summed E-state index contributed by atoms with van der Waals surface area (Å²) in [5, 5.41) is 5.51. The Morgan fingerprint density at radius 1 is 0.865 bits per heavy atom. The summed E-state index contributed by atoms with van der Waals surface area (Å²) >= 11 is 0. The highest BCUT2D eigenvalue weighted by Crippen LogP contribution is 2.13. The van der Waals surface area contributed by atoms with Gasteiger partial charge in [-0.3, -0.25) is 19.0 Å². The minimum atomic E-state index is -0.682. The summed E-state index contributed by atoms with van der Waals surface area (Å²) in [7, 11) is 2.82. The van der Waals surface area contributed by atoms with Gasteiger partial charge in [0, 0.05) is 12.7 Å². The number of amides is 2. The van der Waals surface area contributed by atoms with Crippen molar-refractivity contribution in [1.29, 1.82) is 0 Å². The van der Waals surface area contributed by atoms with Crippen LogP contribution in [0.2, 0.25) is 0 Å². The van der Waals surface area contributed by atoms with E-state index in [4.69, 9.17) is 0 Å². The summed E-state index contributed by atoms with van der Waals surface area (Å²) in [4.78, 5) is 62.9. The molecule has 0 unspecified atom stereocenters. The molecule has 0 saturated heterocycles. The number of aromatic nitrogens is 2. The Bertz CT molecular complexity index is 1600. The molecule has 0 aliphatic heterocycles. The van der Waals surface area contributed by atoms with Gasteiger partial charge in [0.2, 0.25) is 11.8 Å². The van der Waals surface area contributed by atoms with E-state index in [0.717, 1.165) is 10.1 Å². The van der Waals surface area contributed by atoms with Gasteiger partial charge in [-0.15, -0.1) is 0 Å². The number of methoxy groups -OCH3 is 1. The number of nitrogens with zero attached hydrogens (tertiary/aromatic N) is 2. The Balaban J connectivity index is 1.69. The molecule has 0 fully saturated rings. The van der Waals surface area contributed by atoms with Crippen LogP contribution in [0.25, 0.3) is 16.6 Å². The molecule has 4 aromatic rings. The molecule has 4 rings (SSSR count). The summed E-state index contributed by atoms with van der Waals surface area (Å²) in [6.45, 7) is -0.354. The number of nitrogens with one attached hydrogen (secondary N) is 2. The van der Waals surface area contributed by atoms with E-state index < -0.39 is 23.1 Å². The third-order valence-corrected chi connectivity index (χ3v) is 5.78. The van der Waals surface area contributed by atoms with Gasteiger partial charge in [0.05, 0.1) is 35.7 Å². The van der Waals surface area contributed by atoms with Crippen molar-refractivity contribution in [2.45, 2.75) is 13.0 Å². The first-order valence-electron chi connectivity index (χ1n) is 11.3. The van der Waals surface area contributed by atoms with Crippen molar-refractivity contribution in [3.05, 3.63) is 105 Å². The van der Waals surface area contributed by atoms with Gasteiger partial charge in [0.1, 0.15) is 6.54 Å². The van der Waals surface area contributed by atoms with E-state index in [1.54, 1.807) is 67.7 Å². The van der Waals surface area contributed by atoms with Crippen molar-refractivity contribution in [3.8, 4) is 5.69 Å². The van der Waals surface area contributed by atoms with E-state index in [0.29, 0.717) is 22.5 Å². The van der Waals surface area contributed by atoms with Crippen LogP contribution in [0, 0.1) is 0 Å². The fourth-order valence-corrected chi connectivity index (χ4v) is 3.89. The highest BCUT2D eigenvalue weighted by Gasteiger charge is 2.17. The Kier molecular flexibility index (Phi) is 7.28. The predicted molar refractivity (Wildman–Crippen MR) is 138 cm³/mol. The second-order valence-electron chi connectivity index (χ2n) is 8.16. The number of para-hydroxylation sites is 1. The second kappa shape index (κ2) is 10.7. The van der Waals surface area contributed by atoms with Crippen LogP contribution in [0.4, 0.5) is 5.69 Å². The quantitative estimate of drug-likeness (QED) is 0.373. The van der Waals surface area contributed by atoms with Crippen molar-refractivity contribution in [2.24, 2.45) is 0 Å². The molecule has 10 heteroatoms. The molecule has 0 aliphatic carbocycles. The van der Waals surface area contributed by atoms with Gasteiger partial charge in [-0.05, 0) is 54.1 Å². The van der Waals surface area contributed by atoms with E-state index in [9.17, 15) is 24.0 Å². The lowest BCUT2D eigenvalue weighted by Crippen LogP contribution is -2.40. The zero-order chi connectivity index (χ0) is 26.5. The molecule has 0 spiro atoms. The van der Waals surface area contributed by atoms with E-state index in [1.807, 2.05) is 0 Å². The number of likely N-dealkylation sites (N-methyl/N-ethyl adjacent to an activating group) is 1. The predicted octanol–water partition coefficient (Wildman–Crippen LogP) is 1.87. The molecule has 0 aliphatic rings. The first-order chi connectivity index (χ1) is 17.8. The van der Waals surface area contributed by atoms with Crippen molar-refractivity contribution in [1.82, 2.24) is 14.5 Å². The van der Waals surface area contributed by atoms with E-state index in [1.165, 1.54) is 23.8 Å². The zero-order valence-corrected chi connectivity index (χ0v) is 20.2. The molecule has 3 aromatic carbocycles. The van der Waals surface area contributed by atoms with E-state index >= 15 is 0 Å². The molecule has 2 amide bonds. The molecule has 37 heavy (non-hydrogen) atoms. The number of esters is 1. The molecule has 1 aromatic heterocycles. The number of rotatable bonds is 7. The maximum atomic E-state index is 13.5. The van der Waals surface area contributed by atoms with Crippen molar-refractivity contribution in [3.63, 3.8) is 0 Å². The summed E-state index contributed by atoms with van der Waals surface area (Å²) in [5.74, 6) is -1.16. The fourth-order valence-electron chi connectivity index (χ4n) is 3.89. The maximum Gasteiger partial charge on any atom is 0.337 e. The van der Waals surface area contributed by atoms with Crippen LogP contribution >= 0.6 is 0 Å². The summed E-state index contributed by atoms with van der Waals surface area (Å²) in [6, 6.07) is 19.2. The van der Waals surface area contributed by atoms with Crippen molar-refractivity contribution in [2.75, 3.05) is 19.5 Å². The van der Waals surface area contributed by atoms with E-state index in [-0.39, 0.29) is 24.3 Å². The Morgan fingerprint density at radius 3 is 2.19 bits per heavy atom. The Morgan fingerprint density at radius 2 is 1.54 bits per heavy atom. The number of hydrogen-bond donors (Lipinski definition) is 2. The van der Waals surface area contributed by atoms with Crippen LogP contribution in [0.5, 0.6) is 0 Å². The first-order valence-corrected chi connectivity index (χ1v) is 11.3. The fraction of sp³-hybridized carbons (Fsp3) is 0.148. The van der Waals surface area contributed by atoms with Crippen LogP contribution in [0.3, 0.4) is 0 Å². The smallest absolute Gasteiger partial charge is 0.337 e.